The highest BCUT2D eigenvalue weighted by Crippen LogP contribution is 2.49. The second-order valence-corrected chi connectivity index (χ2v) is 13.8. The SMILES string of the molecule is Cl.Cl.Cn1c(-c2ccc(Cl)cc2)cc(CCCCCN2CCNCC2)c1/C=C1\SC(=S)N(C2CC3CCC2C3)C1=O. The van der Waals surface area contributed by atoms with Crippen molar-refractivity contribution in [2.24, 2.45) is 18.9 Å². The van der Waals surface area contributed by atoms with Crippen LogP contribution in [0, 0.1) is 11.8 Å². The molecule has 6 rings (SSSR count). The van der Waals surface area contributed by atoms with Gasteiger partial charge in [0, 0.05) is 55.7 Å². The molecule has 2 aliphatic carbocycles. The van der Waals surface area contributed by atoms with Crippen LogP contribution in [0.4, 0.5) is 0 Å². The minimum atomic E-state index is 0. The summed E-state index contributed by atoms with van der Waals surface area (Å²) in [6.45, 7) is 5.72. The highest BCUT2D eigenvalue weighted by atomic mass is 35.5. The number of piperazine rings is 1. The van der Waals surface area contributed by atoms with E-state index < -0.39 is 0 Å². The van der Waals surface area contributed by atoms with E-state index in [4.69, 9.17) is 23.8 Å². The average Bonchev–Trinajstić information content (AvgIpc) is 3.70. The van der Waals surface area contributed by atoms with E-state index >= 15 is 0 Å². The number of hydrogen-bond donors (Lipinski definition) is 1. The second kappa shape index (κ2) is 14.6. The molecule has 4 fully saturated rings. The first-order chi connectivity index (χ1) is 19.0. The maximum absolute atomic E-state index is 13.7. The first-order valence-electron chi connectivity index (χ1n) is 14.6. The summed E-state index contributed by atoms with van der Waals surface area (Å²) in [6.07, 6.45) is 11.6. The molecular formula is C31H41Cl3N4OS2. The van der Waals surface area contributed by atoms with Crippen molar-refractivity contribution in [1.82, 2.24) is 19.7 Å². The Balaban J connectivity index is 0.00000194. The lowest BCUT2D eigenvalue weighted by Gasteiger charge is -2.30. The number of benzene rings is 1. The number of amides is 1. The van der Waals surface area contributed by atoms with Gasteiger partial charge in [-0.05, 0) is 92.3 Å². The average molecular weight is 656 g/mol. The summed E-state index contributed by atoms with van der Waals surface area (Å²) < 4.78 is 2.98. The monoisotopic (exact) mass is 654 g/mol. The molecule has 3 atom stereocenters. The minimum Gasteiger partial charge on any atom is -0.344 e. The number of fused-ring (bicyclic) bond motifs is 2. The molecule has 1 aromatic carbocycles. The predicted octanol–water partition coefficient (Wildman–Crippen LogP) is 7.20. The van der Waals surface area contributed by atoms with Gasteiger partial charge in [0.15, 0.2) is 0 Å². The highest BCUT2D eigenvalue weighted by Gasteiger charge is 2.48. The van der Waals surface area contributed by atoms with Gasteiger partial charge in [-0.2, -0.15) is 0 Å². The lowest BCUT2D eigenvalue weighted by molar-refractivity contribution is -0.124. The summed E-state index contributed by atoms with van der Waals surface area (Å²) in [6, 6.07) is 10.7. The van der Waals surface area contributed by atoms with Gasteiger partial charge < -0.3 is 14.8 Å². The first kappa shape index (κ1) is 32.8. The van der Waals surface area contributed by atoms with Gasteiger partial charge in [-0.15, -0.1) is 24.8 Å². The number of thioether (sulfide) groups is 1. The van der Waals surface area contributed by atoms with Gasteiger partial charge in [-0.1, -0.05) is 60.6 Å². The van der Waals surface area contributed by atoms with E-state index in [0.29, 0.717) is 12.0 Å². The maximum Gasteiger partial charge on any atom is 0.266 e. The molecule has 10 heteroatoms. The van der Waals surface area contributed by atoms with Crippen LogP contribution in [0.25, 0.3) is 17.3 Å². The van der Waals surface area contributed by atoms with Crippen LogP contribution in [0.15, 0.2) is 35.2 Å². The van der Waals surface area contributed by atoms with Crippen molar-refractivity contribution in [2.75, 3.05) is 32.7 Å². The number of halogens is 3. The molecule has 2 saturated carbocycles. The fourth-order valence-electron chi connectivity index (χ4n) is 7.15. The van der Waals surface area contributed by atoms with Crippen LogP contribution in [-0.4, -0.2) is 63.4 Å². The minimum absolute atomic E-state index is 0. The van der Waals surface area contributed by atoms with Crippen LogP contribution in [0.1, 0.15) is 56.2 Å². The standard InChI is InChI=1S/C31H39ClN4OS2.2ClH/c1-34-26(22-8-10-25(32)11-9-22)19-23(5-3-2-4-14-35-15-12-33-13-16-35)27(34)20-29-30(37)36(31(38)39-29)28-18-21-6-7-24(28)17-21;;/h8-11,19-21,24,28,33H,2-7,12-18H2,1H3;2*1H/b29-20-;;. The lowest BCUT2D eigenvalue weighted by Crippen LogP contribution is -2.43. The Kier molecular flexibility index (Phi) is 11.7. The van der Waals surface area contributed by atoms with Crippen LogP contribution >= 0.6 is 60.4 Å². The molecule has 224 valence electrons. The summed E-state index contributed by atoms with van der Waals surface area (Å²) in [7, 11) is 2.11. The van der Waals surface area contributed by atoms with Gasteiger partial charge in [-0.25, -0.2) is 0 Å². The summed E-state index contributed by atoms with van der Waals surface area (Å²) in [5.74, 6) is 1.51. The number of nitrogens with zero attached hydrogens (tertiary/aromatic N) is 3. The fraction of sp³-hybridized carbons (Fsp3) is 0.548. The summed E-state index contributed by atoms with van der Waals surface area (Å²) in [4.78, 5) is 19.0. The molecule has 1 amide bonds. The van der Waals surface area contributed by atoms with E-state index in [0.717, 1.165) is 82.6 Å². The van der Waals surface area contributed by atoms with Crippen LogP contribution in [0.5, 0.6) is 0 Å². The Morgan fingerprint density at radius 2 is 1.83 bits per heavy atom. The van der Waals surface area contributed by atoms with Crippen LogP contribution in [0.2, 0.25) is 5.02 Å². The van der Waals surface area contributed by atoms with E-state index in [2.05, 4.69) is 46.1 Å². The van der Waals surface area contributed by atoms with Gasteiger partial charge in [0.2, 0.25) is 0 Å². The Bertz CT molecular complexity index is 1260. The normalized spacial score (nSPS) is 25.2. The Morgan fingerprint density at radius 3 is 2.51 bits per heavy atom. The first-order valence-corrected chi connectivity index (χ1v) is 16.2. The zero-order valence-corrected chi connectivity index (χ0v) is 27.7. The van der Waals surface area contributed by atoms with Gasteiger partial charge in [-0.3, -0.25) is 9.69 Å². The third-order valence-corrected chi connectivity index (χ3v) is 10.8. The molecule has 4 aliphatic rings. The summed E-state index contributed by atoms with van der Waals surface area (Å²) >= 11 is 13.4. The number of thiocarbonyl (C=S) groups is 1. The van der Waals surface area contributed by atoms with Crippen molar-refractivity contribution in [1.29, 1.82) is 0 Å². The summed E-state index contributed by atoms with van der Waals surface area (Å²) in [5, 5.41) is 4.17. The molecule has 3 heterocycles. The molecule has 0 spiro atoms. The fourth-order valence-corrected chi connectivity index (χ4v) is 8.62. The molecular weight excluding hydrogens is 615 g/mol. The third-order valence-electron chi connectivity index (χ3n) is 9.26. The quantitative estimate of drug-likeness (QED) is 0.176. The van der Waals surface area contributed by atoms with E-state index in [1.807, 2.05) is 17.0 Å². The Labute approximate surface area is 271 Å². The largest absolute Gasteiger partial charge is 0.344 e. The zero-order chi connectivity index (χ0) is 26.9. The van der Waals surface area contributed by atoms with Gasteiger partial charge in [0.1, 0.15) is 4.32 Å². The van der Waals surface area contributed by atoms with Gasteiger partial charge in [0.05, 0.1) is 4.91 Å². The van der Waals surface area contributed by atoms with Gasteiger partial charge >= 0.3 is 0 Å². The predicted molar refractivity (Wildman–Crippen MR) is 181 cm³/mol. The molecule has 1 aromatic heterocycles. The number of nitrogens with one attached hydrogen (secondary N) is 1. The highest BCUT2D eigenvalue weighted by molar-refractivity contribution is 8.26. The van der Waals surface area contributed by atoms with E-state index in [9.17, 15) is 4.79 Å². The third kappa shape index (κ3) is 7.19. The van der Waals surface area contributed by atoms with Crippen molar-refractivity contribution in [3.05, 3.63) is 51.5 Å². The van der Waals surface area contributed by atoms with Crippen molar-refractivity contribution in [2.45, 2.75) is 57.4 Å². The van der Waals surface area contributed by atoms with Crippen molar-refractivity contribution in [3.63, 3.8) is 0 Å². The van der Waals surface area contributed by atoms with Crippen LogP contribution < -0.4 is 5.32 Å². The topological polar surface area (TPSA) is 40.5 Å². The van der Waals surface area contributed by atoms with Crippen LogP contribution in [0.3, 0.4) is 0 Å². The molecule has 2 aromatic rings. The summed E-state index contributed by atoms with van der Waals surface area (Å²) in [5.41, 5.74) is 4.71. The second-order valence-electron chi connectivity index (χ2n) is 11.7. The van der Waals surface area contributed by atoms with E-state index in [1.54, 1.807) is 0 Å². The van der Waals surface area contributed by atoms with Crippen LogP contribution in [-0.2, 0) is 18.3 Å². The number of aromatic nitrogens is 1. The number of hydrogen-bond acceptors (Lipinski definition) is 5. The number of aryl methyl sites for hydroxylation is 1. The van der Waals surface area contributed by atoms with E-state index in [1.165, 1.54) is 56.0 Å². The molecule has 2 bridgehead atoms. The molecule has 2 saturated heterocycles. The van der Waals surface area contributed by atoms with Crippen molar-refractivity contribution >= 4 is 76.7 Å². The Morgan fingerprint density at radius 1 is 1.07 bits per heavy atom. The lowest BCUT2D eigenvalue weighted by atomic mass is 9.94. The molecule has 3 unspecified atom stereocenters. The molecule has 1 N–H and O–H groups in total. The molecule has 0 radical (unpaired) electrons. The smallest absolute Gasteiger partial charge is 0.266 e. The number of carbonyl (C=O) groups is 1. The zero-order valence-electron chi connectivity index (χ0n) is 23.6. The van der Waals surface area contributed by atoms with Crippen molar-refractivity contribution < 1.29 is 4.79 Å². The number of rotatable bonds is 9. The van der Waals surface area contributed by atoms with Gasteiger partial charge in [0.25, 0.3) is 5.91 Å². The molecule has 2 aliphatic heterocycles. The van der Waals surface area contributed by atoms with E-state index in [-0.39, 0.29) is 30.7 Å². The number of carbonyl (C=O) groups excluding carboxylic acids is 1. The van der Waals surface area contributed by atoms with Crippen molar-refractivity contribution in [3.8, 4) is 11.3 Å². The maximum atomic E-state index is 13.7. The number of unbranched alkanes of at least 4 members (excludes halogenated alkanes) is 2. The molecule has 5 nitrogen and oxygen atoms in total. The molecule has 41 heavy (non-hydrogen) atoms. The Hall–Kier alpha value is -1.06.